The van der Waals surface area contributed by atoms with Crippen LogP contribution in [-0.4, -0.2) is 33.4 Å². The van der Waals surface area contributed by atoms with Crippen LogP contribution < -0.4 is 10.1 Å². The maximum Gasteiger partial charge on any atom is 0.181 e. The Kier molecular flexibility index (Phi) is 6.17. The van der Waals surface area contributed by atoms with E-state index in [-0.39, 0.29) is 5.25 Å². The van der Waals surface area contributed by atoms with E-state index < -0.39 is 9.84 Å². The number of piperidine rings is 1. The third-order valence-electron chi connectivity index (χ3n) is 5.40. The van der Waals surface area contributed by atoms with Crippen molar-refractivity contribution in [3.8, 4) is 5.75 Å². The highest BCUT2D eigenvalue weighted by Gasteiger charge is 2.28. The summed E-state index contributed by atoms with van der Waals surface area (Å²) < 4.78 is 31.1. The first-order chi connectivity index (χ1) is 11.7. The molecule has 5 heteroatoms. The van der Waals surface area contributed by atoms with Crippen LogP contribution in [-0.2, 0) is 9.84 Å². The summed E-state index contributed by atoms with van der Waals surface area (Å²) in [6.07, 6.45) is 9.25. The van der Waals surface area contributed by atoms with Crippen LogP contribution in [0.3, 0.4) is 0 Å². The van der Waals surface area contributed by atoms with E-state index in [1.54, 1.807) is 24.3 Å². The number of benzene rings is 1. The fraction of sp³-hybridized carbons (Fsp3) is 0.684. The zero-order valence-electron chi connectivity index (χ0n) is 14.4. The van der Waals surface area contributed by atoms with E-state index in [2.05, 4.69) is 5.32 Å². The van der Waals surface area contributed by atoms with Crippen molar-refractivity contribution in [2.24, 2.45) is 5.92 Å². The molecule has 3 rings (SSSR count). The molecule has 0 unspecified atom stereocenters. The van der Waals surface area contributed by atoms with Gasteiger partial charge in [0.2, 0.25) is 0 Å². The third kappa shape index (κ3) is 4.51. The maximum atomic E-state index is 12.7. The van der Waals surface area contributed by atoms with Gasteiger partial charge in [0, 0.05) is 0 Å². The number of hydrogen-bond donors (Lipinski definition) is 1. The first kappa shape index (κ1) is 17.7. The normalized spacial score (nSPS) is 20.8. The minimum absolute atomic E-state index is 0.253. The number of hydrogen-bond acceptors (Lipinski definition) is 4. The maximum absolute atomic E-state index is 12.7. The van der Waals surface area contributed by atoms with Gasteiger partial charge in [-0.1, -0.05) is 32.1 Å². The minimum atomic E-state index is -3.21. The molecule has 0 aromatic heterocycles. The first-order valence-corrected chi connectivity index (χ1v) is 10.9. The van der Waals surface area contributed by atoms with Crippen LogP contribution in [0.5, 0.6) is 5.75 Å². The van der Waals surface area contributed by atoms with Crippen molar-refractivity contribution >= 4 is 9.84 Å². The van der Waals surface area contributed by atoms with Crippen LogP contribution >= 0.6 is 0 Å². The first-order valence-electron chi connectivity index (χ1n) is 9.34. The Morgan fingerprint density at radius 1 is 0.958 bits per heavy atom. The number of nitrogens with one attached hydrogen (secondary N) is 1. The summed E-state index contributed by atoms with van der Waals surface area (Å²) in [5.74, 6) is 1.58. The average Bonchev–Trinajstić information content (AvgIpc) is 2.64. The second-order valence-electron chi connectivity index (χ2n) is 7.11. The third-order valence-corrected chi connectivity index (χ3v) is 7.68. The molecule has 1 aromatic rings. The molecule has 1 saturated carbocycles. The van der Waals surface area contributed by atoms with E-state index in [1.165, 1.54) is 32.1 Å². The number of rotatable bonds is 6. The number of ether oxygens (including phenoxy) is 1. The SMILES string of the molecule is O=S(=O)(c1ccc(OCCC2CCCCC2)cc1)C1CCNCC1. The highest BCUT2D eigenvalue weighted by Crippen LogP contribution is 2.27. The van der Waals surface area contributed by atoms with Gasteiger partial charge in [-0.05, 0) is 62.5 Å². The van der Waals surface area contributed by atoms with Crippen molar-refractivity contribution in [3.05, 3.63) is 24.3 Å². The van der Waals surface area contributed by atoms with Crippen LogP contribution in [0, 0.1) is 5.92 Å². The van der Waals surface area contributed by atoms with Crippen LogP contribution in [0.2, 0.25) is 0 Å². The Hall–Kier alpha value is -1.07. The average molecular weight is 352 g/mol. The van der Waals surface area contributed by atoms with Gasteiger partial charge in [-0.3, -0.25) is 0 Å². The molecule has 0 spiro atoms. The molecule has 0 amide bonds. The molecule has 1 aliphatic heterocycles. The van der Waals surface area contributed by atoms with E-state index in [0.29, 0.717) is 17.7 Å². The molecule has 1 heterocycles. The summed E-state index contributed by atoms with van der Waals surface area (Å²) in [4.78, 5) is 0.425. The molecule has 0 radical (unpaired) electrons. The minimum Gasteiger partial charge on any atom is -0.494 e. The molecule has 1 saturated heterocycles. The van der Waals surface area contributed by atoms with Gasteiger partial charge in [-0.25, -0.2) is 8.42 Å². The van der Waals surface area contributed by atoms with E-state index >= 15 is 0 Å². The Balaban J connectivity index is 1.52. The smallest absolute Gasteiger partial charge is 0.181 e. The summed E-state index contributed by atoms with van der Waals surface area (Å²) in [7, 11) is -3.21. The summed E-state index contributed by atoms with van der Waals surface area (Å²) in [6.45, 7) is 2.30. The highest BCUT2D eigenvalue weighted by atomic mass is 32.2. The van der Waals surface area contributed by atoms with Crippen LogP contribution in [0.1, 0.15) is 51.4 Å². The van der Waals surface area contributed by atoms with E-state index in [0.717, 1.165) is 37.8 Å². The predicted molar refractivity (Wildman–Crippen MR) is 96.2 cm³/mol. The van der Waals surface area contributed by atoms with Crippen molar-refractivity contribution in [2.45, 2.75) is 61.5 Å². The van der Waals surface area contributed by atoms with Gasteiger partial charge < -0.3 is 10.1 Å². The molecular formula is C19H29NO3S. The van der Waals surface area contributed by atoms with Gasteiger partial charge in [0.15, 0.2) is 9.84 Å². The van der Waals surface area contributed by atoms with Crippen molar-refractivity contribution in [1.29, 1.82) is 0 Å². The van der Waals surface area contributed by atoms with Gasteiger partial charge in [-0.2, -0.15) is 0 Å². The standard InChI is InChI=1S/C19H29NO3S/c21-24(22,19-10-13-20-14-11-19)18-8-6-17(7-9-18)23-15-12-16-4-2-1-3-5-16/h6-9,16,19-20H,1-5,10-15H2. The molecule has 1 aromatic carbocycles. The Labute approximate surface area is 145 Å². The summed E-state index contributed by atoms with van der Waals surface area (Å²) in [5.41, 5.74) is 0. The molecule has 2 fully saturated rings. The second-order valence-corrected chi connectivity index (χ2v) is 9.34. The Bertz CT molecular complexity index is 600. The molecule has 4 nitrogen and oxygen atoms in total. The molecule has 0 bridgehead atoms. The Morgan fingerprint density at radius 2 is 1.62 bits per heavy atom. The summed E-state index contributed by atoms with van der Waals surface area (Å²) in [6, 6.07) is 7.00. The van der Waals surface area contributed by atoms with Gasteiger partial charge in [-0.15, -0.1) is 0 Å². The van der Waals surface area contributed by atoms with E-state index in [1.807, 2.05) is 0 Å². The molecule has 0 atom stereocenters. The van der Waals surface area contributed by atoms with Crippen molar-refractivity contribution in [1.82, 2.24) is 5.32 Å². The lowest BCUT2D eigenvalue weighted by molar-refractivity contribution is 0.246. The van der Waals surface area contributed by atoms with Crippen molar-refractivity contribution in [3.63, 3.8) is 0 Å². The molecule has 1 N–H and O–H groups in total. The lowest BCUT2D eigenvalue weighted by atomic mass is 9.87. The molecule has 2 aliphatic rings. The fourth-order valence-corrected chi connectivity index (χ4v) is 5.60. The lowest BCUT2D eigenvalue weighted by Gasteiger charge is -2.23. The quantitative estimate of drug-likeness (QED) is 0.851. The van der Waals surface area contributed by atoms with Crippen molar-refractivity contribution in [2.75, 3.05) is 19.7 Å². The van der Waals surface area contributed by atoms with E-state index in [9.17, 15) is 8.42 Å². The zero-order valence-corrected chi connectivity index (χ0v) is 15.2. The van der Waals surface area contributed by atoms with Gasteiger partial charge in [0.1, 0.15) is 5.75 Å². The molecular weight excluding hydrogens is 322 g/mol. The predicted octanol–water partition coefficient (Wildman–Crippen LogP) is 3.56. The lowest BCUT2D eigenvalue weighted by Crippen LogP contribution is -2.35. The van der Waals surface area contributed by atoms with Gasteiger partial charge in [0.25, 0.3) is 0 Å². The molecule has 134 valence electrons. The van der Waals surface area contributed by atoms with Crippen LogP contribution in [0.4, 0.5) is 0 Å². The fourth-order valence-electron chi connectivity index (χ4n) is 3.84. The summed E-state index contributed by atoms with van der Waals surface area (Å²) >= 11 is 0. The molecule has 1 aliphatic carbocycles. The summed E-state index contributed by atoms with van der Waals surface area (Å²) in [5, 5.41) is 2.96. The van der Waals surface area contributed by atoms with E-state index in [4.69, 9.17) is 4.74 Å². The Morgan fingerprint density at radius 3 is 2.29 bits per heavy atom. The topological polar surface area (TPSA) is 55.4 Å². The van der Waals surface area contributed by atoms with Gasteiger partial charge in [0.05, 0.1) is 16.8 Å². The number of sulfone groups is 1. The second kappa shape index (κ2) is 8.34. The van der Waals surface area contributed by atoms with Gasteiger partial charge >= 0.3 is 0 Å². The zero-order chi connectivity index (χ0) is 16.8. The van der Waals surface area contributed by atoms with Crippen LogP contribution in [0.25, 0.3) is 0 Å². The van der Waals surface area contributed by atoms with Crippen LogP contribution in [0.15, 0.2) is 29.2 Å². The monoisotopic (exact) mass is 351 g/mol. The largest absolute Gasteiger partial charge is 0.494 e. The van der Waals surface area contributed by atoms with Crippen molar-refractivity contribution < 1.29 is 13.2 Å². The highest BCUT2D eigenvalue weighted by molar-refractivity contribution is 7.92. The molecule has 24 heavy (non-hydrogen) atoms.